The Hall–Kier alpha value is -1.48. The first-order chi connectivity index (χ1) is 9.24. The van der Waals surface area contributed by atoms with E-state index in [1.165, 1.54) is 30.7 Å². The molecule has 0 saturated carbocycles. The summed E-state index contributed by atoms with van der Waals surface area (Å²) in [6, 6.07) is 7.28. The molecule has 1 aromatic rings. The van der Waals surface area contributed by atoms with E-state index in [1.54, 1.807) is 6.08 Å². The van der Waals surface area contributed by atoms with Crippen molar-refractivity contribution in [3.8, 4) is 0 Å². The zero-order chi connectivity index (χ0) is 13.7. The molecule has 1 aromatic carbocycles. The fourth-order valence-electron chi connectivity index (χ4n) is 2.57. The maximum Gasteiger partial charge on any atom is 0.123 e. The third-order valence-corrected chi connectivity index (χ3v) is 3.69. The molecule has 1 heterocycles. The summed E-state index contributed by atoms with van der Waals surface area (Å²) in [6.07, 6.45) is 8.66. The second kappa shape index (κ2) is 6.62. The van der Waals surface area contributed by atoms with Gasteiger partial charge < -0.3 is 5.11 Å². The van der Waals surface area contributed by atoms with Crippen molar-refractivity contribution < 1.29 is 10.3 Å². The normalized spacial score (nSPS) is 18.1. The standard InChI is InChI=1S/C16H23NO2/c1-2-3-4-5-6-9-13-12-16(18)14-10-7-8-11-15(14)17(13)19/h7-8,10-13,18-19H,2-6,9H2,1H3. The number of rotatable bonds is 6. The highest BCUT2D eigenvalue weighted by molar-refractivity contribution is 5.75. The zero-order valence-corrected chi connectivity index (χ0v) is 11.5. The van der Waals surface area contributed by atoms with E-state index in [-0.39, 0.29) is 11.8 Å². The molecular formula is C16H23NO2. The molecule has 1 aliphatic heterocycles. The van der Waals surface area contributed by atoms with Crippen molar-refractivity contribution >= 4 is 11.4 Å². The molecule has 1 unspecified atom stereocenters. The maximum atomic E-state index is 10.2. The number of hydrogen-bond donors (Lipinski definition) is 2. The molecule has 2 rings (SSSR count). The average molecular weight is 261 g/mol. The molecule has 0 fully saturated rings. The molecular weight excluding hydrogens is 238 g/mol. The molecule has 3 nitrogen and oxygen atoms in total. The number of aliphatic hydroxyl groups excluding tert-OH is 1. The molecule has 19 heavy (non-hydrogen) atoms. The van der Waals surface area contributed by atoms with Crippen molar-refractivity contribution in [3.63, 3.8) is 0 Å². The first-order valence-corrected chi connectivity index (χ1v) is 7.22. The number of para-hydroxylation sites is 1. The lowest BCUT2D eigenvalue weighted by atomic mass is 9.99. The lowest BCUT2D eigenvalue weighted by molar-refractivity contribution is 0.222. The Balaban J connectivity index is 1.95. The van der Waals surface area contributed by atoms with E-state index in [9.17, 15) is 10.3 Å². The summed E-state index contributed by atoms with van der Waals surface area (Å²) in [5, 5.41) is 21.5. The van der Waals surface area contributed by atoms with Gasteiger partial charge in [0.2, 0.25) is 0 Å². The van der Waals surface area contributed by atoms with Gasteiger partial charge in [0.05, 0.1) is 11.7 Å². The van der Waals surface area contributed by atoms with Gasteiger partial charge in [-0.05, 0) is 24.6 Å². The van der Waals surface area contributed by atoms with Gasteiger partial charge in [-0.15, -0.1) is 0 Å². The predicted molar refractivity (Wildman–Crippen MR) is 78.5 cm³/mol. The average Bonchev–Trinajstić information content (AvgIpc) is 2.44. The van der Waals surface area contributed by atoms with Crippen LogP contribution in [-0.2, 0) is 0 Å². The van der Waals surface area contributed by atoms with Crippen LogP contribution in [-0.4, -0.2) is 16.4 Å². The van der Waals surface area contributed by atoms with Crippen molar-refractivity contribution in [2.24, 2.45) is 0 Å². The van der Waals surface area contributed by atoms with E-state index in [0.29, 0.717) is 11.3 Å². The van der Waals surface area contributed by atoms with E-state index in [4.69, 9.17) is 0 Å². The quantitative estimate of drug-likeness (QED) is 0.740. The van der Waals surface area contributed by atoms with Gasteiger partial charge in [-0.1, -0.05) is 51.2 Å². The lowest BCUT2D eigenvalue weighted by Crippen LogP contribution is -2.34. The fraction of sp³-hybridized carbons (Fsp3) is 0.500. The second-order valence-corrected chi connectivity index (χ2v) is 5.18. The maximum absolute atomic E-state index is 10.2. The van der Waals surface area contributed by atoms with Crippen molar-refractivity contribution in [1.29, 1.82) is 0 Å². The molecule has 1 aliphatic rings. The Kier molecular flexibility index (Phi) is 4.86. The number of unbranched alkanes of at least 4 members (excludes halogenated alkanes) is 4. The number of benzene rings is 1. The van der Waals surface area contributed by atoms with Gasteiger partial charge in [0.15, 0.2) is 0 Å². The van der Waals surface area contributed by atoms with Gasteiger partial charge in [-0.2, -0.15) is 0 Å². The Morgan fingerprint density at radius 3 is 2.63 bits per heavy atom. The summed E-state index contributed by atoms with van der Waals surface area (Å²) in [4.78, 5) is 0. The number of aliphatic hydroxyl groups is 1. The summed E-state index contributed by atoms with van der Waals surface area (Å²) in [5.74, 6) is 0.277. The van der Waals surface area contributed by atoms with Crippen molar-refractivity contribution in [2.75, 3.05) is 5.06 Å². The Morgan fingerprint density at radius 2 is 1.84 bits per heavy atom. The van der Waals surface area contributed by atoms with Crippen LogP contribution < -0.4 is 5.06 Å². The largest absolute Gasteiger partial charge is 0.508 e. The number of nitrogens with zero attached hydrogens (tertiary/aromatic N) is 1. The van der Waals surface area contributed by atoms with Crippen LogP contribution >= 0.6 is 0 Å². The fourth-order valence-corrected chi connectivity index (χ4v) is 2.57. The van der Waals surface area contributed by atoms with Crippen LogP contribution in [0.4, 0.5) is 5.69 Å². The molecule has 2 N–H and O–H groups in total. The van der Waals surface area contributed by atoms with Crippen LogP contribution in [0.3, 0.4) is 0 Å². The van der Waals surface area contributed by atoms with Gasteiger partial charge in [0.1, 0.15) is 5.76 Å². The summed E-state index contributed by atoms with van der Waals surface area (Å²) < 4.78 is 0. The molecule has 0 aliphatic carbocycles. The number of anilines is 1. The SMILES string of the molecule is CCCCCCCC1C=C(O)c2ccccc2N1O. The Labute approximate surface area is 115 Å². The van der Waals surface area contributed by atoms with Crippen LogP contribution in [0.25, 0.3) is 5.76 Å². The number of hydrogen-bond acceptors (Lipinski definition) is 3. The van der Waals surface area contributed by atoms with E-state index >= 15 is 0 Å². The van der Waals surface area contributed by atoms with Gasteiger partial charge >= 0.3 is 0 Å². The molecule has 0 spiro atoms. The topological polar surface area (TPSA) is 43.7 Å². The highest BCUT2D eigenvalue weighted by Crippen LogP contribution is 2.32. The summed E-state index contributed by atoms with van der Waals surface area (Å²) in [7, 11) is 0. The van der Waals surface area contributed by atoms with E-state index in [1.807, 2.05) is 24.3 Å². The number of fused-ring (bicyclic) bond motifs is 1. The molecule has 0 radical (unpaired) electrons. The minimum atomic E-state index is -0.114. The molecule has 3 heteroatoms. The highest BCUT2D eigenvalue weighted by atomic mass is 16.5. The molecule has 1 atom stereocenters. The van der Waals surface area contributed by atoms with Crippen LogP contribution in [0.15, 0.2) is 30.3 Å². The monoisotopic (exact) mass is 261 g/mol. The van der Waals surface area contributed by atoms with Crippen LogP contribution in [0.5, 0.6) is 0 Å². The lowest BCUT2D eigenvalue weighted by Gasteiger charge is -2.31. The summed E-state index contributed by atoms with van der Waals surface area (Å²) >= 11 is 0. The first-order valence-electron chi connectivity index (χ1n) is 7.22. The van der Waals surface area contributed by atoms with E-state index in [2.05, 4.69) is 6.92 Å². The first kappa shape index (κ1) is 13.9. The van der Waals surface area contributed by atoms with E-state index in [0.717, 1.165) is 12.8 Å². The van der Waals surface area contributed by atoms with Gasteiger partial charge in [0, 0.05) is 5.56 Å². The van der Waals surface area contributed by atoms with Crippen molar-refractivity contribution in [3.05, 3.63) is 35.9 Å². The minimum absolute atomic E-state index is 0.114. The third-order valence-electron chi connectivity index (χ3n) is 3.69. The van der Waals surface area contributed by atoms with Gasteiger partial charge in [-0.3, -0.25) is 5.21 Å². The Morgan fingerprint density at radius 1 is 1.11 bits per heavy atom. The summed E-state index contributed by atoms with van der Waals surface area (Å²) in [6.45, 7) is 2.20. The highest BCUT2D eigenvalue weighted by Gasteiger charge is 2.24. The minimum Gasteiger partial charge on any atom is -0.508 e. The molecule has 0 aromatic heterocycles. The predicted octanol–water partition coefficient (Wildman–Crippen LogP) is 4.52. The van der Waals surface area contributed by atoms with Crippen LogP contribution in [0.2, 0.25) is 0 Å². The molecule has 104 valence electrons. The number of hydroxylamine groups is 1. The second-order valence-electron chi connectivity index (χ2n) is 5.18. The Bertz CT molecular complexity index is 442. The zero-order valence-electron chi connectivity index (χ0n) is 11.5. The van der Waals surface area contributed by atoms with Crippen LogP contribution in [0.1, 0.15) is 51.0 Å². The molecule has 0 bridgehead atoms. The van der Waals surface area contributed by atoms with Gasteiger partial charge in [-0.25, -0.2) is 5.06 Å². The third kappa shape index (κ3) is 3.29. The van der Waals surface area contributed by atoms with Gasteiger partial charge in [0.25, 0.3) is 0 Å². The van der Waals surface area contributed by atoms with Crippen molar-refractivity contribution in [2.45, 2.75) is 51.5 Å². The molecule has 0 amide bonds. The van der Waals surface area contributed by atoms with Crippen molar-refractivity contribution in [1.82, 2.24) is 0 Å². The summed E-state index contributed by atoms with van der Waals surface area (Å²) in [5.41, 5.74) is 1.40. The smallest absolute Gasteiger partial charge is 0.123 e. The molecule has 0 saturated heterocycles. The van der Waals surface area contributed by atoms with Crippen LogP contribution in [0, 0.1) is 0 Å². The van der Waals surface area contributed by atoms with E-state index < -0.39 is 0 Å².